The predicted octanol–water partition coefficient (Wildman–Crippen LogP) is 3.94. The normalized spacial score (nSPS) is 20.6. The summed E-state index contributed by atoms with van der Waals surface area (Å²) >= 11 is 0. The van der Waals surface area contributed by atoms with Crippen LogP contribution in [0.25, 0.3) is 0 Å². The number of carbonyl (C=O) groups excluding carboxylic acids is 1. The first kappa shape index (κ1) is 19.2. The van der Waals surface area contributed by atoms with Crippen LogP contribution in [-0.4, -0.2) is 37.2 Å². The summed E-state index contributed by atoms with van der Waals surface area (Å²) in [4.78, 5) is 19.6. The summed E-state index contributed by atoms with van der Waals surface area (Å²) in [5, 5.41) is 3.02. The molecule has 0 aromatic carbocycles. The van der Waals surface area contributed by atoms with Gasteiger partial charge in [-0.05, 0) is 55.6 Å². The molecular weight excluding hydrogens is 326 g/mol. The summed E-state index contributed by atoms with van der Waals surface area (Å²) in [5.41, 5.74) is 3.38. The van der Waals surface area contributed by atoms with Crippen molar-refractivity contribution >= 4 is 17.4 Å². The van der Waals surface area contributed by atoms with Crippen LogP contribution in [0.15, 0.2) is 6.07 Å². The number of hydrogen-bond acceptors (Lipinski definition) is 4. The predicted molar refractivity (Wildman–Crippen MR) is 106 cm³/mol. The molecule has 2 aliphatic heterocycles. The minimum absolute atomic E-state index is 0.0228. The van der Waals surface area contributed by atoms with Gasteiger partial charge in [-0.15, -0.1) is 0 Å². The van der Waals surface area contributed by atoms with Gasteiger partial charge in [0, 0.05) is 26.1 Å². The molecule has 1 aromatic heterocycles. The lowest BCUT2D eigenvalue weighted by molar-refractivity contribution is -0.117. The molecule has 3 heterocycles. The lowest BCUT2D eigenvalue weighted by Crippen LogP contribution is -2.37. The first-order valence-electron chi connectivity index (χ1n) is 9.95. The standard InChI is InChI=1S/C21H33N3O2/c1-15-11-18-17(22-20(15)23-19(25)12-21(2,3)4)8-5-9-24(18)13-16-7-6-10-26-14-16/h11,16H,5-10,12-14H2,1-4H3,(H,22,23,25)/t16-/m1/s1. The summed E-state index contributed by atoms with van der Waals surface area (Å²) in [6.45, 7) is 12.2. The first-order chi connectivity index (χ1) is 12.3. The van der Waals surface area contributed by atoms with E-state index >= 15 is 0 Å². The van der Waals surface area contributed by atoms with Crippen molar-refractivity contribution in [3.05, 3.63) is 17.3 Å². The molecular formula is C21H33N3O2. The number of pyridine rings is 1. The fourth-order valence-electron chi connectivity index (χ4n) is 3.89. The molecule has 0 aliphatic carbocycles. The minimum Gasteiger partial charge on any atom is -0.381 e. The van der Waals surface area contributed by atoms with Crippen molar-refractivity contribution < 1.29 is 9.53 Å². The lowest BCUT2D eigenvalue weighted by Gasteiger charge is -2.35. The summed E-state index contributed by atoms with van der Waals surface area (Å²) in [7, 11) is 0. The first-order valence-corrected chi connectivity index (χ1v) is 9.95. The van der Waals surface area contributed by atoms with Gasteiger partial charge < -0.3 is 15.0 Å². The van der Waals surface area contributed by atoms with Crippen LogP contribution in [0.4, 0.5) is 11.5 Å². The van der Waals surface area contributed by atoms with E-state index in [9.17, 15) is 4.79 Å². The van der Waals surface area contributed by atoms with Crippen LogP contribution in [0, 0.1) is 18.3 Å². The van der Waals surface area contributed by atoms with Gasteiger partial charge in [0.25, 0.3) is 0 Å². The Morgan fingerprint density at radius 2 is 2.19 bits per heavy atom. The molecule has 1 atom stereocenters. The van der Waals surface area contributed by atoms with Crippen molar-refractivity contribution in [1.82, 2.24) is 4.98 Å². The number of nitrogens with one attached hydrogen (secondary N) is 1. The molecule has 0 saturated carbocycles. The maximum absolute atomic E-state index is 12.3. The number of aryl methyl sites for hydroxylation is 2. The monoisotopic (exact) mass is 359 g/mol. The zero-order valence-corrected chi connectivity index (χ0v) is 16.7. The molecule has 5 heteroatoms. The van der Waals surface area contributed by atoms with E-state index in [1.54, 1.807) is 0 Å². The Labute approximate surface area is 157 Å². The van der Waals surface area contributed by atoms with Crippen LogP contribution < -0.4 is 10.2 Å². The van der Waals surface area contributed by atoms with E-state index in [-0.39, 0.29) is 11.3 Å². The summed E-state index contributed by atoms with van der Waals surface area (Å²) < 4.78 is 5.65. The molecule has 0 bridgehead atoms. The van der Waals surface area contributed by atoms with Crippen molar-refractivity contribution in [1.29, 1.82) is 0 Å². The van der Waals surface area contributed by atoms with E-state index in [0.717, 1.165) is 56.2 Å². The highest BCUT2D eigenvalue weighted by atomic mass is 16.5. The van der Waals surface area contributed by atoms with Gasteiger partial charge in [0.05, 0.1) is 18.0 Å². The Hall–Kier alpha value is -1.62. The van der Waals surface area contributed by atoms with E-state index in [1.807, 2.05) is 6.92 Å². The number of nitrogens with zero attached hydrogens (tertiary/aromatic N) is 2. The molecule has 2 aliphatic rings. The average Bonchev–Trinajstić information content (AvgIpc) is 2.55. The Balaban J connectivity index is 1.73. The topological polar surface area (TPSA) is 54.5 Å². The Morgan fingerprint density at radius 1 is 1.38 bits per heavy atom. The minimum atomic E-state index is -0.0228. The van der Waals surface area contributed by atoms with Gasteiger partial charge in [-0.1, -0.05) is 20.8 Å². The maximum atomic E-state index is 12.3. The SMILES string of the molecule is Cc1cc2c(nc1NC(=O)CC(C)(C)C)CCCN2C[C@H]1CCCOC1. The number of aromatic nitrogens is 1. The number of hydrogen-bond donors (Lipinski definition) is 1. The van der Waals surface area contributed by atoms with Gasteiger partial charge in [-0.2, -0.15) is 0 Å². The van der Waals surface area contributed by atoms with Gasteiger partial charge in [-0.25, -0.2) is 4.98 Å². The Kier molecular flexibility index (Phi) is 5.86. The van der Waals surface area contributed by atoms with Crippen molar-refractivity contribution in [2.45, 2.75) is 59.8 Å². The fraction of sp³-hybridized carbons (Fsp3) is 0.714. The van der Waals surface area contributed by atoms with Crippen LogP contribution in [-0.2, 0) is 16.0 Å². The highest BCUT2D eigenvalue weighted by Gasteiger charge is 2.24. The van der Waals surface area contributed by atoms with Gasteiger partial charge in [0.1, 0.15) is 5.82 Å². The third kappa shape index (κ3) is 4.97. The van der Waals surface area contributed by atoms with Crippen LogP contribution in [0.5, 0.6) is 0 Å². The highest BCUT2D eigenvalue weighted by molar-refractivity contribution is 5.91. The van der Waals surface area contributed by atoms with E-state index in [2.05, 4.69) is 37.1 Å². The summed E-state index contributed by atoms with van der Waals surface area (Å²) in [6, 6.07) is 2.21. The molecule has 26 heavy (non-hydrogen) atoms. The third-order valence-corrected chi connectivity index (χ3v) is 5.13. The zero-order chi connectivity index (χ0) is 18.7. The van der Waals surface area contributed by atoms with Crippen LogP contribution in [0.2, 0.25) is 0 Å². The van der Waals surface area contributed by atoms with E-state index in [0.29, 0.717) is 12.3 Å². The second kappa shape index (κ2) is 7.95. The molecule has 1 saturated heterocycles. The summed E-state index contributed by atoms with van der Waals surface area (Å²) in [5.74, 6) is 1.38. The lowest BCUT2D eigenvalue weighted by atomic mass is 9.92. The van der Waals surface area contributed by atoms with E-state index < -0.39 is 0 Å². The number of rotatable bonds is 4. The highest BCUT2D eigenvalue weighted by Crippen LogP contribution is 2.31. The maximum Gasteiger partial charge on any atom is 0.226 e. The third-order valence-electron chi connectivity index (χ3n) is 5.13. The van der Waals surface area contributed by atoms with Crippen molar-refractivity contribution in [3.8, 4) is 0 Å². The smallest absolute Gasteiger partial charge is 0.226 e. The molecule has 0 radical (unpaired) electrons. The quantitative estimate of drug-likeness (QED) is 0.884. The molecule has 1 amide bonds. The van der Waals surface area contributed by atoms with Crippen LogP contribution >= 0.6 is 0 Å². The fourth-order valence-corrected chi connectivity index (χ4v) is 3.89. The van der Waals surface area contributed by atoms with Crippen molar-refractivity contribution in [2.75, 3.05) is 36.5 Å². The number of amides is 1. The molecule has 1 N–H and O–H groups in total. The molecule has 0 unspecified atom stereocenters. The molecule has 144 valence electrons. The Bertz CT molecular complexity index is 645. The van der Waals surface area contributed by atoms with Crippen molar-refractivity contribution in [2.24, 2.45) is 11.3 Å². The molecule has 1 fully saturated rings. The largest absolute Gasteiger partial charge is 0.381 e. The second-order valence-corrected chi connectivity index (χ2v) is 9.04. The van der Waals surface area contributed by atoms with Gasteiger partial charge in [0.15, 0.2) is 0 Å². The number of fused-ring (bicyclic) bond motifs is 1. The van der Waals surface area contributed by atoms with Gasteiger partial charge >= 0.3 is 0 Å². The zero-order valence-electron chi connectivity index (χ0n) is 16.7. The Morgan fingerprint density at radius 3 is 2.88 bits per heavy atom. The van der Waals surface area contributed by atoms with Crippen LogP contribution in [0.3, 0.4) is 0 Å². The van der Waals surface area contributed by atoms with Gasteiger partial charge in [-0.3, -0.25) is 4.79 Å². The van der Waals surface area contributed by atoms with Gasteiger partial charge in [0.2, 0.25) is 5.91 Å². The van der Waals surface area contributed by atoms with E-state index in [4.69, 9.17) is 9.72 Å². The second-order valence-electron chi connectivity index (χ2n) is 9.04. The van der Waals surface area contributed by atoms with Crippen LogP contribution in [0.1, 0.15) is 57.7 Å². The molecule has 3 rings (SSSR count). The van der Waals surface area contributed by atoms with E-state index in [1.165, 1.54) is 18.5 Å². The molecule has 0 spiro atoms. The number of carbonyl (C=O) groups is 1. The summed E-state index contributed by atoms with van der Waals surface area (Å²) in [6.07, 6.45) is 5.01. The average molecular weight is 360 g/mol. The molecule has 1 aromatic rings. The molecule has 5 nitrogen and oxygen atoms in total. The van der Waals surface area contributed by atoms with Crippen molar-refractivity contribution in [3.63, 3.8) is 0 Å². The number of ether oxygens (including phenoxy) is 1. The number of anilines is 2.